The number of hydrogen-bond donors (Lipinski definition) is 3. The van der Waals surface area contributed by atoms with Crippen molar-refractivity contribution in [1.82, 2.24) is 15.7 Å². The molecule has 0 bridgehead atoms. The number of nitrogens with zero attached hydrogens (tertiary/aromatic N) is 1. The smallest absolute Gasteiger partial charge is 0.272 e. The van der Waals surface area contributed by atoms with Crippen molar-refractivity contribution in [2.24, 2.45) is 0 Å². The number of nitrogens with one attached hydrogen (secondary N) is 2. The molecular formula is C22H26ClN3O5. The first-order valence-electron chi connectivity index (χ1n) is 9.73. The molecule has 0 fully saturated rings. The van der Waals surface area contributed by atoms with Crippen molar-refractivity contribution in [3.8, 4) is 0 Å². The van der Waals surface area contributed by atoms with E-state index in [1.165, 1.54) is 10.4 Å². The zero-order valence-corrected chi connectivity index (χ0v) is 18.1. The second kappa shape index (κ2) is 12.0. The number of amides is 3. The first-order valence-corrected chi connectivity index (χ1v) is 10.1. The lowest BCUT2D eigenvalue weighted by Gasteiger charge is -2.26. The van der Waals surface area contributed by atoms with Crippen LogP contribution in [0.25, 0.3) is 0 Å². The fraction of sp³-hybridized carbons (Fsp3) is 0.318. The molecule has 9 heteroatoms. The topological polar surface area (TPSA) is 108 Å². The molecule has 0 spiro atoms. The normalized spacial score (nSPS) is 12.5. The molecule has 3 N–H and O–H groups in total. The number of hydroxylamine groups is 1. The molecule has 31 heavy (non-hydrogen) atoms. The quantitative estimate of drug-likeness (QED) is 0.383. The summed E-state index contributed by atoms with van der Waals surface area (Å²) in [7, 11) is 1.65. The van der Waals surface area contributed by atoms with E-state index in [0.717, 1.165) is 5.56 Å². The van der Waals surface area contributed by atoms with Gasteiger partial charge in [-0.1, -0.05) is 41.9 Å². The summed E-state index contributed by atoms with van der Waals surface area (Å²) in [5.41, 5.74) is 2.91. The summed E-state index contributed by atoms with van der Waals surface area (Å²) < 4.78 is 5.44. The molecule has 8 nitrogen and oxygen atoms in total. The predicted octanol–water partition coefficient (Wildman–Crippen LogP) is 2.57. The largest absolute Gasteiger partial charge is 0.358 e. The van der Waals surface area contributed by atoms with E-state index in [4.69, 9.17) is 21.5 Å². The minimum atomic E-state index is -1.11. The maximum Gasteiger partial charge on any atom is 0.272 e. The summed E-state index contributed by atoms with van der Waals surface area (Å²) in [5.74, 6) is -1.46. The molecule has 0 heterocycles. The predicted molar refractivity (Wildman–Crippen MR) is 116 cm³/mol. The molecule has 2 aromatic rings. The molecule has 0 saturated carbocycles. The second-order valence-electron chi connectivity index (χ2n) is 6.92. The SMILES string of the molecule is CC(c1ccccc1)N(C)C(=O)COC(CCNC(=O)c1ccc(Cl)cc1)C(=O)NO. The first-order chi connectivity index (χ1) is 14.8. The highest BCUT2D eigenvalue weighted by atomic mass is 35.5. The number of likely N-dealkylation sites (N-methyl/N-ethyl adjacent to an activating group) is 1. The Labute approximate surface area is 186 Å². The number of halogens is 1. The Morgan fingerprint density at radius 1 is 1.10 bits per heavy atom. The van der Waals surface area contributed by atoms with Crippen LogP contribution in [0.5, 0.6) is 0 Å². The van der Waals surface area contributed by atoms with E-state index >= 15 is 0 Å². The molecule has 2 rings (SSSR count). The van der Waals surface area contributed by atoms with Crippen molar-refractivity contribution in [1.29, 1.82) is 0 Å². The number of carbonyl (C=O) groups is 3. The van der Waals surface area contributed by atoms with Crippen molar-refractivity contribution in [3.63, 3.8) is 0 Å². The van der Waals surface area contributed by atoms with Gasteiger partial charge >= 0.3 is 0 Å². The number of carbonyl (C=O) groups excluding carboxylic acids is 3. The average Bonchev–Trinajstić information content (AvgIpc) is 2.80. The lowest BCUT2D eigenvalue weighted by molar-refractivity contribution is -0.148. The summed E-state index contributed by atoms with van der Waals surface area (Å²) in [5, 5.41) is 12.1. The summed E-state index contributed by atoms with van der Waals surface area (Å²) in [4.78, 5) is 38.0. The van der Waals surface area contributed by atoms with Crippen LogP contribution in [0.4, 0.5) is 0 Å². The Morgan fingerprint density at radius 2 is 1.74 bits per heavy atom. The molecule has 0 aliphatic carbocycles. The van der Waals surface area contributed by atoms with Crippen LogP contribution in [-0.2, 0) is 14.3 Å². The lowest BCUT2D eigenvalue weighted by atomic mass is 10.1. The van der Waals surface area contributed by atoms with Gasteiger partial charge in [-0.05, 0) is 36.8 Å². The summed E-state index contributed by atoms with van der Waals surface area (Å²) in [6.07, 6.45) is -1.04. The molecule has 0 aromatic heterocycles. The highest BCUT2D eigenvalue weighted by molar-refractivity contribution is 6.30. The number of hydrogen-bond acceptors (Lipinski definition) is 5. The van der Waals surface area contributed by atoms with Gasteiger partial charge in [0.15, 0.2) is 0 Å². The van der Waals surface area contributed by atoms with Gasteiger partial charge in [0.05, 0.1) is 6.04 Å². The van der Waals surface area contributed by atoms with Gasteiger partial charge in [0.2, 0.25) is 5.91 Å². The van der Waals surface area contributed by atoms with Crippen LogP contribution in [0.15, 0.2) is 54.6 Å². The Hall–Kier alpha value is -2.94. The molecule has 2 unspecified atom stereocenters. The van der Waals surface area contributed by atoms with Gasteiger partial charge in [0, 0.05) is 30.6 Å². The van der Waals surface area contributed by atoms with Crippen LogP contribution in [0, 0.1) is 0 Å². The molecule has 0 radical (unpaired) electrons. The van der Waals surface area contributed by atoms with Crippen molar-refractivity contribution in [2.75, 3.05) is 20.2 Å². The minimum Gasteiger partial charge on any atom is -0.358 e. The third-order valence-corrected chi connectivity index (χ3v) is 5.12. The highest BCUT2D eigenvalue weighted by Crippen LogP contribution is 2.18. The van der Waals surface area contributed by atoms with Gasteiger partial charge in [-0.2, -0.15) is 0 Å². The van der Waals surface area contributed by atoms with Crippen LogP contribution in [-0.4, -0.2) is 54.1 Å². The van der Waals surface area contributed by atoms with E-state index in [1.54, 1.807) is 31.3 Å². The van der Waals surface area contributed by atoms with E-state index in [9.17, 15) is 14.4 Å². The fourth-order valence-electron chi connectivity index (χ4n) is 2.83. The van der Waals surface area contributed by atoms with E-state index < -0.39 is 12.0 Å². The summed E-state index contributed by atoms with van der Waals surface area (Å²) in [6.45, 7) is 1.64. The van der Waals surface area contributed by atoms with E-state index in [0.29, 0.717) is 10.6 Å². The zero-order chi connectivity index (χ0) is 22.8. The molecule has 0 aliphatic heterocycles. The van der Waals surface area contributed by atoms with Crippen LogP contribution >= 0.6 is 11.6 Å². The van der Waals surface area contributed by atoms with E-state index in [2.05, 4.69) is 5.32 Å². The minimum absolute atomic E-state index is 0.0664. The number of ether oxygens (including phenoxy) is 1. The Bertz CT molecular complexity index is 876. The number of rotatable bonds is 10. The first kappa shape index (κ1) is 24.3. The van der Waals surface area contributed by atoms with E-state index in [-0.39, 0.29) is 37.4 Å². The molecule has 2 atom stereocenters. The standard InChI is InChI=1S/C22H26ClN3O5/c1-15(16-6-4-3-5-7-16)26(2)20(27)14-31-19(22(29)25-30)12-13-24-21(28)17-8-10-18(23)11-9-17/h3-11,15,19,30H,12-14H2,1-2H3,(H,24,28)(H,25,29). The molecule has 3 amide bonds. The highest BCUT2D eigenvalue weighted by Gasteiger charge is 2.23. The Morgan fingerprint density at radius 3 is 2.35 bits per heavy atom. The molecular weight excluding hydrogens is 422 g/mol. The number of benzene rings is 2. The molecule has 0 saturated heterocycles. The zero-order valence-electron chi connectivity index (χ0n) is 17.4. The van der Waals surface area contributed by atoms with Crippen LogP contribution in [0.1, 0.15) is 35.3 Å². The van der Waals surface area contributed by atoms with Gasteiger partial charge in [0.1, 0.15) is 12.7 Å². The summed E-state index contributed by atoms with van der Waals surface area (Å²) >= 11 is 5.80. The lowest BCUT2D eigenvalue weighted by Crippen LogP contribution is -2.40. The monoisotopic (exact) mass is 447 g/mol. The third-order valence-electron chi connectivity index (χ3n) is 4.87. The fourth-order valence-corrected chi connectivity index (χ4v) is 2.95. The third kappa shape index (κ3) is 7.36. The van der Waals surface area contributed by atoms with Crippen LogP contribution in [0.3, 0.4) is 0 Å². The average molecular weight is 448 g/mol. The Kier molecular flexibility index (Phi) is 9.45. The van der Waals surface area contributed by atoms with Gasteiger partial charge in [-0.15, -0.1) is 0 Å². The maximum atomic E-state index is 12.5. The van der Waals surface area contributed by atoms with Gasteiger partial charge in [-0.25, -0.2) is 5.48 Å². The van der Waals surface area contributed by atoms with Crippen LogP contribution < -0.4 is 10.8 Å². The Balaban J connectivity index is 1.86. The summed E-state index contributed by atoms with van der Waals surface area (Å²) in [6, 6.07) is 15.7. The molecule has 2 aromatic carbocycles. The van der Waals surface area contributed by atoms with Crippen LogP contribution in [0.2, 0.25) is 5.02 Å². The van der Waals surface area contributed by atoms with Crippen molar-refractivity contribution in [3.05, 3.63) is 70.7 Å². The molecule has 166 valence electrons. The maximum absolute atomic E-state index is 12.5. The van der Waals surface area contributed by atoms with Crippen molar-refractivity contribution in [2.45, 2.75) is 25.5 Å². The molecule has 0 aliphatic rings. The van der Waals surface area contributed by atoms with Gasteiger partial charge < -0.3 is 15.0 Å². The van der Waals surface area contributed by atoms with Gasteiger partial charge in [-0.3, -0.25) is 19.6 Å². The van der Waals surface area contributed by atoms with Crippen molar-refractivity contribution >= 4 is 29.3 Å². The van der Waals surface area contributed by atoms with Crippen molar-refractivity contribution < 1.29 is 24.3 Å². The van der Waals surface area contributed by atoms with E-state index in [1.807, 2.05) is 37.3 Å². The second-order valence-corrected chi connectivity index (χ2v) is 7.35. The van der Waals surface area contributed by atoms with Gasteiger partial charge in [0.25, 0.3) is 11.8 Å².